The molecule has 4 aromatic rings. The van der Waals surface area contributed by atoms with Crippen LogP contribution in [0.2, 0.25) is 0 Å². The fraction of sp³-hybridized carbons (Fsp3) is 0.258. The van der Waals surface area contributed by atoms with Crippen LogP contribution in [-0.4, -0.2) is 33.4 Å². The van der Waals surface area contributed by atoms with Gasteiger partial charge in [0.05, 0.1) is 11.3 Å². The first-order chi connectivity index (χ1) is 19.1. The fourth-order valence-electron chi connectivity index (χ4n) is 4.88. The molecule has 1 aliphatic heterocycles. The number of rotatable bonds is 6. The summed E-state index contributed by atoms with van der Waals surface area (Å²) in [6, 6.07) is 16.3. The maximum absolute atomic E-state index is 12.8. The van der Waals surface area contributed by atoms with Crippen molar-refractivity contribution in [1.29, 1.82) is 0 Å². The van der Waals surface area contributed by atoms with Crippen molar-refractivity contribution >= 4 is 29.0 Å². The molecule has 0 saturated carbocycles. The van der Waals surface area contributed by atoms with Gasteiger partial charge in [0.25, 0.3) is 0 Å². The Labute approximate surface area is 233 Å². The molecule has 2 aromatic heterocycles. The van der Waals surface area contributed by atoms with Crippen molar-refractivity contribution in [3.63, 3.8) is 0 Å². The Morgan fingerprint density at radius 1 is 1.00 bits per heavy atom. The summed E-state index contributed by atoms with van der Waals surface area (Å²) in [6.07, 6.45) is 4.14. The number of hydrogen-bond acceptors (Lipinski definition) is 6. The number of aryl methyl sites for hydroxylation is 2. The summed E-state index contributed by atoms with van der Waals surface area (Å²) in [7, 11) is 0. The molecule has 204 valence electrons. The lowest BCUT2D eigenvalue weighted by Crippen LogP contribution is -2.32. The summed E-state index contributed by atoms with van der Waals surface area (Å²) in [4.78, 5) is 40.0. The summed E-state index contributed by atoms with van der Waals surface area (Å²) in [5, 5.41) is 5.75. The molecule has 1 aliphatic rings. The van der Waals surface area contributed by atoms with Crippen LogP contribution in [0.3, 0.4) is 0 Å². The number of fused-ring (bicyclic) bond motifs is 1. The number of nitrogens with zero attached hydrogens (tertiary/aromatic N) is 4. The van der Waals surface area contributed by atoms with Crippen LogP contribution >= 0.6 is 0 Å². The van der Waals surface area contributed by atoms with E-state index in [2.05, 4.69) is 39.4 Å². The predicted octanol–water partition coefficient (Wildman–Crippen LogP) is 6.49. The van der Waals surface area contributed by atoms with Crippen LogP contribution in [0.15, 0.2) is 67.0 Å². The van der Waals surface area contributed by atoms with Crippen LogP contribution in [0, 0.1) is 6.92 Å². The largest absolute Gasteiger partial charge is 0.438 e. The molecule has 2 aromatic carbocycles. The average Bonchev–Trinajstić information content (AvgIpc) is 3.20. The van der Waals surface area contributed by atoms with Crippen molar-refractivity contribution in [1.82, 2.24) is 15.0 Å². The minimum Gasteiger partial charge on any atom is -0.438 e. The van der Waals surface area contributed by atoms with E-state index in [0.29, 0.717) is 29.5 Å². The molecule has 0 aliphatic carbocycles. The van der Waals surface area contributed by atoms with Crippen molar-refractivity contribution in [2.45, 2.75) is 46.5 Å². The van der Waals surface area contributed by atoms with E-state index in [-0.39, 0.29) is 17.4 Å². The smallest absolute Gasteiger partial charge is 0.323 e. The third-order valence-corrected chi connectivity index (χ3v) is 6.92. The number of ether oxygens (including phenoxy) is 1. The van der Waals surface area contributed by atoms with E-state index >= 15 is 0 Å². The second-order valence-electron chi connectivity index (χ2n) is 10.5. The Balaban J connectivity index is 1.29. The average molecular weight is 537 g/mol. The molecule has 0 fully saturated rings. The third kappa shape index (κ3) is 5.49. The van der Waals surface area contributed by atoms with E-state index in [1.54, 1.807) is 36.4 Å². The van der Waals surface area contributed by atoms with Gasteiger partial charge in [0.2, 0.25) is 11.8 Å². The monoisotopic (exact) mass is 536 g/mol. The lowest BCUT2D eigenvalue weighted by Gasteiger charge is -2.19. The third-order valence-electron chi connectivity index (χ3n) is 6.92. The molecule has 0 saturated heterocycles. The molecule has 0 radical (unpaired) electrons. The standard InChI is InChI=1S/C31H32N6O3/c1-6-28-32-15-13-25(36-28)23-8-7-14-33-29(23)40-27-12-10-21(16-19(27)2)34-30(39)35-22-9-11-24-26(17-22)37(20(3)38)18-31(24,4)5/h7-17H,6,18H2,1-5H3,(H2,34,35,39). The number of anilines is 3. The minimum atomic E-state index is -0.387. The Morgan fingerprint density at radius 3 is 2.48 bits per heavy atom. The Kier molecular flexibility index (Phi) is 7.21. The molecule has 0 spiro atoms. The van der Waals surface area contributed by atoms with E-state index < -0.39 is 0 Å². The molecule has 9 heteroatoms. The number of hydrogen-bond donors (Lipinski definition) is 2. The summed E-state index contributed by atoms with van der Waals surface area (Å²) >= 11 is 0. The Morgan fingerprint density at radius 2 is 1.75 bits per heavy atom. The zero-order chi connectivity index (χ0) is 28.4. The minimum absolute atomic E-state index is 0.0215. The van der Waals surface area contributed by atoms with Crippen LogP contribution in [0.25, 0.3) is 11.3 Å². The van der Waals surface area contributed by atoms with Crippen molar-refractivity contribution < 1.29 is 14.3 Å². The van der Waals surface area contributed by atoms with Gasteiger partial charge in [-0.3, -0.25) is 4.79 Å². The van der Waals surface area contributed by atoms with E-state index in [4.69, 9.17) is 4.74 Å². The van der Waals surface area contributed by atoms with Gasteiger partial charge in [-0.2, -0.15) is 0 Å². The van der Waals surface area contributed by atoms with E-state index in [1.165, 1.54) is 0 Å². The summed E-state index contributed by atoms with van der Waals surface area (Å²) < 4.78 is 6.18. The van der Waals surface area contributed by atoms with Gasteiger partial charge in [-0.05, 0) is 66.6 Å². The molecule has 0 unspecified atom stereocenters. The first-order valence-corrected chi connectivity index (χ1v) is 13.2. The van der Waals surface area contributed by atoms with Crippen molar-refractivity contribution in [2.75, 3.05) is 22.1 Å². The number of aromatic nitrogens is 3. The van der Waals surface area contributed by atoms with Gasteiger partial charge in [0.1, 0.15) is 11.6 Å². The van der Waals surface area contributed by atoms with Crippen LogP contribution < -0.4 is 20.3 Å². The summed E-state index contributed by atoms with van der Waals surface area (Å²) in [5.41, 5.74) is 5.31. The molecular formula is C31H32N6O3. The Bertz CT molecular complexity index is 1600. The van der Waals surface area contributed by atoms with Gasteiger partial charge in [0.15, 0.2) is 0 Å². The van der Waals surface area contributed by atoms with Gasteiger partial charge in [-0.25, -0.2) is 19.7 Å². The number of carbonyl (C=O) groups is 2. The number of carbonyl (C=O) groups excluding carboxylic acids is 2. The van der Waals surface area contributed by atoms with E-state index in [9.17, 15) is 9.59 Å². The van der Waals surface area contributed by atoms with E-state index in [0.717, 1.165) is 40.3 Å². The highest BCUT2D eigenvalue weighted by Gasteiger charge is 2.36. The van der Waals surface area contributed by atoms with Crippen LogP contribution in [-0.2, 0) is 16.6 Å². The number of pyridine rings is 1. The molecule has 0 atom stereocenters. The van der Waals surface area contributed by atoms with Gasteiger partial charge >= 0.3 is 6.03 Å². The molecule has 9 nitrogen and oxygen atoms in total. The number of benzene rings is 2. The number of amides is 3. The van der Waals surface area contributed by atoms with Crippen LogP contribution in [0.4, 0.5) is 21.9 Å². The lowest BCUT2D eigenvalue weighted by molar-refractivity contribution is -0.116. The fourth-order valence-corrected chi connectivity index (χ4v) is 4.88. The molecule has 3 heterocycles. The molecule has 2 N–H and O–H groups in total. The molecule has 0 bridgehead atoms. The first-order valence-electron chi connectivity index (χ1n) is 13.2. The highest BCUT2D eigenvalue weighted by atomic mass is 16.5. The molecular weight excluding hydrogens is 504 g/mol. The molecule has 40 heavy (non-hydrogen) atoms. The normalized spacial score (nSPS) is 13.5. The lowest BCUT2D eigenvalue weighted by atomic mass is 9.87. The molecule has 5 rings (SSSR count). The number of urea groups is 1. The van der Waals surface area contributed by atoms with Crippen molar-refractivity contribution in [2.24, 2.45) is 0 Å². The quantitative estimate of drug-likeness (QED) is 0.292. The number of nitrogens with one attached hydrogen (secondary N) is 2. The second kappa shape index (κ2) is 10.8. The van der Waals surface area contributed by atoms with Gasteiger partial charge in [0, 0.05) is 54.8 Å². The van der Waals surface area contributed by atoms with Crippen molar-refractivity contribution in [3.8, 4) is 22.9 Å². The maximum atomic E-state index is 12.8. The van der Waals surface area contributed by atoms with Gasteiger partial charge in [-0.1, -0.05) is 26.8 Å². The van der Waals surface area contributed by atoms with Crippen LogP contribution in [0.1, 0.15) is 44.6 Å². The van der Waals surface area contributed by atoms with Crippen LogP contribution in [0.5, 0.6) is 11.6 Å². The summed E-state index contributed by atoms with van der Waals surface area (Å²) in [6.45, 7) is 10.3. The Hall–Kier alpha value is -4.79. The molecule has 3 amide bonds. The first kappa shape index (κ1) is 26.8. The van der Waals surface area contributed by atoms with Gasteiger partial charge < -0.3 is 20.3 Å². The predicted molar refractivity (Wildman–Crippen MR) is 156 cm³/mol. The van der Waals surface area contributed by atoms with E-state index in [1.807, 2.05) is 56.3 Å². The zero-order valence-electron chi connectivity index (χ0n) is 23.3. The maximum Gasteiger partial charge on any atom is 0.323 e. The highest BCUT2D eigenvalue weighted by molar-refractivity contribution is 6.01. The second-order valence-corrected chi connectivity index (χ2v) is 10.5. The zero-order valence-corrected chi connectivity index (χ0v) is 23.3. The summed E-state index contributed by atoms with van der Waals surface area (Å²) in [5.74, 6) is 1.77. The van der Waals surface area contributed by atoms with Gasteiger partial charge in [-0.15, -0.1) is 0 Å². The SMILES string of the molecule is CCc1nccc(-c2cccnc2Oc2ccc(NC(=O)Nc3ccc4c(c3)N(C(C)=O)CC4(C)C)cc2C)n1. The highest BCUT2D eigenvalue weighted by Crippen LogP contribution is 2.42. The topological polar surface area (TPSA) is 109 Å². The van der Waals surface area contributed by atoms with Crippen molar-refractivity contribution in [3.05, 3.63) is 83.9 Å².